The summed E-state index contributed by atoms with van der Waals surface area (Å²) < 4.78 is 0. The lowest BCUT2D eigenvalue weighted by atomic mass is 10.5. The first-order valence-electron chi connectivity index (χ1n) is 4.86. The molecule has 0 saturated carbocycles. The third kappa shape index (κ3) is 3.20. The zero-order valence-corrected chi connectivity index (χ0v) is 9.39. The topological polar surface area (TPSA) is 139 Å². The minimum Gasteiger partial charge on any atom is -0.341 e. The lowest BCUT2D eigenvalue weighted by Crippen LogP contribution is -2.24. The maximum absolute atomic E-state index is 8.33. The van der Waals surface area contributed by atoms with E-state index in [1.54, 1.807) is 0 Å². The van der Waals surface area contributed by atoms with Crippen molar-refractivity contribution in [2.24, 2.45) is 10.2 Å². The van der Waals surface area contributed by atoms with Crippen molar-refractivity contribution in [1.29, 1.82) is 0 Å². The van der Waals surface area contributed by atoms with Gasteiger partial charge in [0.15, 0.2) is 0 Å². The molecule has 0 aliphatic rings. The Labute approximate surface area is 96.6 Å². The quantitative estimate of drug-likeness (QED) is 0.438. The van der Waals surface area contributed by atoms with Gasteiger partial charge in [-0.3, -0.25) is 0 Å². The van der Waals surface area contributed by atoms with Crippen LogP contribution < -0.4 is 4.90 Å². The van der Waals surface area contributed by atoms with Crippen LogP contribution in [0.3, 0.4) is 0 Å². The molecule has 0 spiro atoms. The number of azide groups is 2. The van der Waals surface area contributed by atoms with E-state index in [4.69, 9.17) is 11.1 Å². The van der Waals surface area contributed by atoms with Crippen molar-refractivity contribution in [2.75, 3.05) is 18.0 Å². The first-order chi connectivity index (χ1) is 8.24. The molecule has 17 heavy (non-hydrogen) atoms. The normalized spacial score (nSPS) is 9.06. The van der Waals surface area contributed by atoms with Gasteiger partial charge in [0.2, 0.25) is 17.8 Å². The fraction of sp³-hybridized carbons (Fsp3) is 0.571. The van der Waals surface area contributed by atoms with Gasteiger partial charge in [0, 0.05) is 22.9 Å². The van der Waals surface area contributed by atoms with Crippen LogP contribution in [-0.4, -0.2) is 28.0 Å². The van der Waals surface area contributed by atoms with Crippen LogP contribution in [0, 0.1) is 0 Å². The summed E-state index contributed by atoms with van der Waals surface area (Å²) in [6.45, 7) is 5.19. The van der Waals surface area contributed by atoms with E-state index in [1.165, 1.54) is 0 Å². The highest BCUT2D eigenvalue weighted by Gasteiger charge is 2.09. The first kappa shape index (κ1) is 12.5. The van der Waals surface area contributed by atoms with E-state index in [-0.39, 0.29) is 11.9 Å². The zero-order valence-electron chi connectivity index (χ0n) is 9.39. The largest absolute Gasteiger partial charge is 0.341 e. The summed E-state index contributed by atoms with van der Waals surface area (Å²) in [5, 5.41) is 6.54. The summed E-state index contributed by atoms with van der Waals surface area (Å²) in [5.74, 6) is 0.0772. The fourth-order valence-corrected chi connectivity index (χ4v) is 1.16. The van der Waals surface area contributed by atoms with Crippen LogP contribution in [0.1, 0.15) is 13.8 Å². The van der Waals surface area contributed by atoms with Gasteiger partial charge in [-0.15, -0.1) is 0 Å². The van der Waals surface area contributed by atoms with Gasteiger partial charge in [-0.1, -0.05) is 0 Å². The van der Waals surface area contributed by atoms with Crippen molar-refractivity contribution in [3.63, 3.8) is 0 Å². The molecule has 0 N–H and O–H groups in total. The molecule has 0 bridgehead atoms. The predicted octanol–water partition coefficient (Wildman–Crippen LogP) is 2.60. The Morgan fingerprint density at radius 3 is 1.82 bits per heavy atom. The number of hydrogen-bond donors (Lipinski definition) is 0. The second-order valence-electron chi connectivity index (χ2n) is 2.79. The molecule has 0 aliphatic heterocycles. The van der Waals surface area contributed by atoms with Crippen molar-refractivity contribution in [1.82, 2.24) is 15.0 Å². The van der Waals surface area contributed by atoms with Crippen LogP contribution in [0.25, 0.3) is 20.9 Å². The van der Waals surface area contributed by atoms with E-state index in [2.05, 4.69) is 35.0 Å². The van der Waals surface area contributed by atoms with Gasteiger partial charge in [-0.25, -0.2) is 4.98 Å². The van der Waals surface area contributed by atoms with Crippen molar-refractivity contribution in [2.45, 2.75) is 13.8 Å². The van der Waals surface area contributed by atoms with Crippen molar-refractivity contribution >= 4 is 17.8 Å². The molecule has 0 atom stereocenters. The Morgan fingerprint density at radius 2 is 1.47 bits per heavy atom. The zero-order chi connectivity index (χ0) is 12.7. The summed E-state index contributed by atoms with van der Waals surface area (Å²) in [6, 6.07) is 0. The summed E-state index contributed by atoms with van der Waals surface area (Å²) in [7, 11) is 0. The monoisotopic (exact) mass is 234 g/mol. The molecular formula is C7H10N10. The highest BCUT2D eigenvalue weighted by atomic mass is 15.4. The number of aromatic nitrogens is 3. The standard InChI is InChI=1S/C7H10N10/c1-3-17(4-2)7-11-5(13-15-8)10-6(12-7)14-16-9/h3-4H2,1-2H3. The molecule has 1 aromatic rings. The number of hydrogen-bond acceptors (Lipinski definition) is 6. The molecule has 0 radical (unpaired) electrons. The van der Waals surface area contributed by atoms with Crippen molar-refractivity contribution in [3.8, 4) is 0 Å². The average Bonchev–Trinajstić information content (AvgIpc) is 2.31. The average molecular weight is 234 g/mol. The van der Waals surface area contributed by atoms with Crippen LogP contribution in [0.4, 0.5) is 17.8 Å². The fourth-order valence-electron chi connectivity index (χ4n) is 1.16. The molecule has 10 heteroatoms. The molecule has 10 nitrogen and oxygen atoms in total. The van der Waals surface area contributed by atoms with Gasteiger partial charge in [-0.2, -0.15) is 9.97 Å². The Balaban J connectivity index is 3.28. The maximum atomic E-state index is 8.33. The second kappa shape index (κ2) is 6.11. The van der Waals surface area contributed by atoms with Crippen LogP contribution in [0.15, 0.2) is 10.2 Å². The lowest BCUT2D eigenvalue weighted by molar-refractivity contribution is 0.811. The minimum absolute atomic E-state index is 0.119. The summed E-state index contributed by atoms with van der Waals surface area (Å²) in [4.78, 5) is 18.5. The van der Waals surface area contributed by atoms with E-state index in [0.717, 1.165) is 0 Å². The van der Waals surface area contributed by atoms with E-state index < -0.39 is 0 Å². The van der Waals surface area contributed by atoms with Gasteiger partial charge in [0.05, 0.1) is 0 Å². The molecule has 0 amide bonds. The van der Waals surface area contributed by atoms with Gasteiger partial charge in [0.1, 0.15) is 0 Å². The van der Waals surface area contributed by atoms with Crippen molar-refractivity contribution in [3.05, 3.63) is 20.9 Å². The molecule has 0 saturated heterocycles. The van der Waals surface area contributed by atoms with Crippen LogP contribution in [0.5, 0.6) is 0 Å². The number of anilines is 1. The molecule has 0 aromatic carbocycles. The smallest absolute Gasteiger partial charge is 0.229 e. The Bertz CT molecular complexity index is 443. The third-order valence-electron chi connectivity index (χ3n) is 1.91. The third-order valence-corrected chi connectivity index (χ3v) is 1.91. The Hall–Kier alpha value is -2.57. The molecule has 0 aliphatic carbocycles. The molecule has 88 valence electrons. The highest BCUT2D eigenvalue weighted by Crippen LogP contribution is 2.17. The lowest BCUT2D eigenvalue weighted by Gasteiger charge is -2.18. The van der Waals surface area contributed by atoms with Crippen LogP contribution in [0.2, 0.25) is 0 Å². The molecule has 1 aromatic heterocycles. The van der Waals surface area contributed by atoms with Crippen molar-refractivity contribution < 1.29 is 0 Å². The summed E-state index contributed by atoms with van der Waals surface area (Å²) in [5.41, 5.74) is 16.7. The Morgan fingerprint density at radius 1 is 1.00 bits per heavy atom. The summed E-state index contributed by atoms with van der Waals surface area (Å²) >= 11 is 0. The van der Waals surface area contributed by atoms with E-state index in [1.807, 2.05) is 18.7 Å². The second-order valence-corrected chi connectivity index (χ2v) is 2.79. The molecule has 1 heterocycles. The number of rotatable bonds is 5. The molecule has 1 rings (SSSR count). The molecular weight excluding hydrogens is 224 g/mol. The number of nitrogens with zero attached hydrogens (tertiary/aromatic N) is 10. The van der Waals surface area contributed by atoms with Gasteiger partial charge < -0.3 is 4.90 Å². The highest BCUT2D eigenvalue weighted by molar-refractivity contribution is 5.38. The molecule has 0 fully saturated rings. The SMILES string of the molecule is CCN(CC)c1nc(N=[N+]=[N-])nc(N=[N+]=[N-])n1. The predicted molar refractivity (Wildman–Crippen MR) is 61.0 cm³/mol. The maximum Gasteiger partial charge on any atom is 0.229 e. The Kier molecular flexibility index (Phi) is 4.49. The van der Waals surface area contributed by atoms with Crippen LogP contribution in [-0.2, 0) is 0 Å². The summed E-state index contributed by atoms with van der Waals surface area (Å²) in [6.07, 6.45) is 0. The minimum atomic E-state index is -0.119. The van der Waals surface area contributed by atoms with E-state index in [9.17, 15) is 0 Å². The van der Waals surface area contributed by atoms with Gasteiger partial charge in [-0.05, 0) is 35.1 Å². The first-order valence-corrected chi connectivity index (χ1v) is 4.86. The van der Waals surface area contributed by atoms with Gasteiger partial charge >= 0.3 is 0 Å². The van der Waals surface area contributed by atoms with Gasteiger partial charge in [0.25, 0.3) is 0 Å². The van der Waals surface area contributed by atoms with E-state index in [0.29, 0.717) is 19.0 Å². The van der Waals surface area contributed by atoms with Crippen LogP contribution >= 0.6 is 0 Å². The molecule has 0 unspecified atom stereocenters. The van der Waals surface area contributed by atoms with E-state index >= 15 is 0 Å².